The van der Waals surface area contributed by atoms with Gasteiger partial charge in [0.15, 0.2) is 0 Å². The molecule has 36 heavy (non-hydrogen) atoms. The van der Waals surface area contributed by atoms with Gasteiger partial charge >= 0.3 is 6.18 Å². The number of hydrogen-bond donors (Lipinski definition) is 3. The fourth-order valence-corrected chi connectivity index (χ4v) is 4.44. The summed E-state index contributed by atoms with van der Waals surface area (Å²) in [5.41, 5.74) is 6.06. The molecule has 1 aliphatic heterocycles. The Hall–Kier alpha value is -3.86. The molecule has 1 atom stereocenters. The Morgan fingerprint density at radius 3 is 2.61 bits per heavy atom. The Kier molecular flexibility index (Phi) is 7.02. The van der Waals surface area contributed by atoms with E-state index in [1.54, 1.807) is 4.57 Å². The molecular formula is C25H26F3N5O3. The highest BCUT2D eigenvalue weighted by Crippen LogP contribution is 2.31. The Balaban J connectivity index is 1.31. The van der Waals surface area contributed by atoms with Crippen LogP contribution in [0.3, 0.4) is 0 Å². The summed E-state index contributed by atoms with van der Waals surface area (Å²) < 4.78 is 40.4. The van der Waals surface area contributed by atoms with E-state index in [1.165, 1.54) is 6.92 Å². The standard InChI is InChI=1S/C25H26F3N5O3/c1-15(34)33-13-16(19-4-2-3-5-22(19)33)12-32-9-8-18(14-32)31-23(35)11-30-24(36)20-10-17(25(26,27)28)6-7-21(20)29/h2-7,10,13,18H,8-9,11-12,14,29H2,1H3,(H,30,36)(H,31,35)/t18-/m1/s1. The molecule has 1 fully saturated rings. The number of nitrogen functional groups attached to an aromatic ring is 1. The van der Waals surface area contributed by atoms with Crippen LogP contribution < -0.4 is 16.4 Å². The monoisotopic (exact) mass is 501 g/mol. The van der Waals surface area contributed by atoms with Crippen LogP contribution in [0.15, 0.2) is 48.7 Å². The van der Waals surface area contributed by atoms with Crippen LogP contribution in [-0.2, 0) is 17.5 Å². The summed E-state index contributed by atoms with van der Waals surface area (Å²) in [6.45, 7) is 3.05. The van der Waals surface area contributed by atoms with Gasteiger partial charge in [0, 0.05) is 49.9 Å². The lowest BCUT2D eigenvalue weighted by molar-refractivity contribution is -0.137. The largest absolute Gasteiger partial charge is 0.416 e. The lowest BCUT2D eigenvalue weighted by Gasteiger charge is -2.17. The third-order valence-electron chi connectivity index (χ3n) is 6.20. The fraction of sp³-hybridized carbons (Fsp3) is 0.320. The molecule has 0 aliphatic carbocycles. The number of nitrogens with two attached hydrogens (primary N) is 1. The number of anilines is 1. The number of nitrogens with one attached hydrogen (secondary N) is 2. The maximum Gasteiger partial charge on any atom is 0.416 e. The number of para-hydroxylation sites is 1. The molecule has 2 amide bonds. The van der Waals surface area contributed by atoms with Crippen LogP contribution in [0, 0.1) is 0 Å². The van der Waals surface area contributed by atoms with Gasteiger partial charge in [-0.1, -0.05) is 18.2 Å². The minimum absolute atomic E-state index is 0.0713. The number of halogens is 3. The normalized spacial score (nSPS) is 16.3. The van der Waals surface area contributed by atoms with Crippen molar-refractivity contribution in [2.75, 3.05) is 25.4 Å². The maximum atomic E-state index is 12.9. The van der Waals surface area contributed by atoms with Crippen LogP contribution in [0.4, 0.5) is 18.9 Å². The zero-order chi connectivity index (χ0) is 26.0. The van der Waals surface area contributed by atoms with Gasteiger partial charge in [0.1, 0.15) is 0 Å². The Morgan fingerprint density at radius 1 is 1.14 bits per heavy atom. The first-order valence-corrected chi connectivity index (χ1v) is 11.4. The van der Waals surface area contributed by atoms with Crippen molar-refractivity contribution in [2.45, 2.75) is 32.1 Å². The first-order valence-electron chi connectivity index (χ1n) is 11.4. The van der Waals surface area contributed by atoms with Crippen molar-refractivity contribution in [2.24, 2.45) is 0 Å². The van der Waals surface area contributed by atoms with E-state index in [0.717, 1.165) is 35.1 Å². The molecule has 1 aliphatic rings. The van der Waals surface area contributed by atoms with Crippen LogP contribution in [0.2, 0.25) is 0 Å². The lowest BCUT2D eigenvalue weighted by Crippen LogP contribution is -2.43. The molecule has 8 nitrogen and oxygen atoms in total. The van der Waals surface area contributed by atoms with Crippen molar-refractivity contribution in [1.82, 2.24) is 20.1 Å². The van der Waals surface area contributed by atoms with E-state index < -0.39 is 30.1 Å². The number of carbonyl (C=O) groups excluding carboxylic acids is 3. The lowest BCUT2D eigenvalue weighted by atomic mass is 10.1. The van der Waals surface area contributed by atoms with Crippen molar-refractivity contribution in [1.29, 1.82) is 0 Å². The van der Waals surface area contributed by atoms with E-state index in [2.05, 4.69) is 15.5 Å². The molecule has 0 saturated carbocycles. The first-order chi connectivity index (χ1) is 17.0. The predicted octanol–water partition coefficient (Wildman–Crippen LogP) is 3.02. The van der Waals surface area contributed by atoms with E-state index in [4.69, 9.17) is 5.73 Å². The molecule has 0 spiro atoms. The molecule has 1 saturated heterocycles. The quantitative estimate of drug-likeness (QED) is 0.450. The number of likely N-dealkylation sites (tertiary alicyclic amines) is 1. The number of aromatic nitrogens is 1. The number of hydrogen-bond acceptors (Lipinski definition) is 5. The summed E-state index contributed by atoms with van der Waals surface area (Å²) in [6.07, 6.45) is -2.07. The van der Waals surface area contributed by atoms with Crippen LogP contribution in [0.25, 0.3) is 10.9 Å². The molecule has 190 valence electrons. The average Bonchev–Trinajstić information content (AvgIpc) is 3.42. The van der Waals surface area contributed by atoms with E-state index in [1.807, 2.05) is 30.5 Å². The summed E-state index contributed by atoms with van der Waals surface area (Å²) >= 11 is 0. The highest BCUT2D eigenvalue weighted by atomic mass is 19.4. The molecule has 1 aromatic heterocycles. The molecule has 0 unspecified atom stereocenters. The molecule has 2 aromatic carbocycles. The van der Waals surface area contributed by atoms with Crippen molar-refractivity contribution in [3.8, 4) is 0 Å². The molecule has 3 aromatic rings. The number of benzene rings is 2. The third kappa shape index (κ3) is 5.51. The second-order valence-electron chi connectivity index (χ2n) is 8.83. The topological polar surface area (TPSA) is 109 Å². The van der Waals surface area contributed by atoms with Crippen LogP contribution in [0.1, 0.15) is 39.6 Å². The van der Waals surface area contributed by atoms with Crippen molar-refractivity contribution in [3.05, 3.63) is 65.4 Å². The summed E-state index contributed by atoms with van der Waals surface area (Å²) in [5.74, 6) is -1.38. The van der Waals surface area contributed by atoms with E-state index in [-0.39, 0.29) is 23.2 Å². The summed E-state index contributed by atoms with van der Waals surface area (Å²) in [5, 5.41) is 6.17. The van der Waals surface area contributed by atoms with E-state index in [9.17, 15) is 27.6 Å². The van der Waals surface area contributed by atoms with Gasteiger partial charge in [-0.25, -0.2) is 0 Å². The third-order valence-corrected chi connectivity index (χ3v) is 6.20. The number of carbonyl (C=O) groups is 3. The first kappa shape index (κ1) is 25.2. The predicted molar refractivity (Wildman–Crippen MR) is 128 cm³/mol. The van der Waals surface area contributed by atoms with Crippen LogP contribution >= 0.6 is 0 Å². The smallest absolute Gasteiger partial charge is 0.398 e. The number of rotatable bonds is 6. The minimum atomic E-state index is -4.62. The second kappa shape index (κ2) is 10.0. The molecule has 4 rings (SSSR count). The summed E-state index contributed by atoms with van der Waals surface area (Å²) in [4.78, 5) is 38.8. The highest BCUT2D eigenvalue weighted by Gasteiger charge is 2.32. The molecule has 4 N–H and O–H groups in total. The van der Waals surface area contributed by atoms with Crippen molar-refractivity contribution < 1.29 is 27.6 Å². The number of amides is 2. The van der Waals surface area contributed by atoms with Crippen LogP contribution in [0.5, 0.6) is 0 Å². The highest BCUT2D eigenvalue weighted by molar-refractivity contribution is 6.01. The number of nitrogens with zero attached hydrogens (tertiary/aromatic N) is 2. The Morgan fingerprint density at radius 2 is 1.89 bits per heavy atom. The van der Waals surface area contributed by atoms with Gasteiger partial charge in [0.25, 0.3) is 5.91 Å². The van der Waals surface area contributed by atoms with Gasteiger partial charge in [-0.05, 0) is 36.2 Å². The van der Waals surface area contributed by atoms with E-state index >= 15 is 0 Å². The van der Waals surface area contributed by atoms with Crippen molar-refractivity contribution in [3.63, 3.8) is 0 Å². The van der Waals surface area contributed by atoms with Gasteiger partial charge < -0.3 is 16.4 Å². The molecule has 0 bridgehead atoms. The molecule has 2 heterocycles. The molecule has 11 heteroatoms. The summed E-state index contributed by atoms with van der Waals surface area (Å²) in [6, 6.07) is 10.0. The van der Waals surface area contributed by atoms with Gasteiger partial charge in [0.05, 0.1) is 23.2 Å². The number of alkyl halides is 3. The van der Waals surface area contributed by atoms with Crippen LogP contribution in [-0.4, -0.2) is 52.9 Å². The summed E-state index contributed by atoms with van der Waals surface area (Å²) in [7, 11) is 0. The fourth-order valence-electron chi connectivity index (χ4n) is 4.44. The SMILES string of the molecule is CC(=O)n1cc(CN2CC[C@@H](NC(=O)CNC(=O)c3cc(C(F)(F)F)ccc3N)C2)c2ccccc21. The molecular weight excluding hydrogens is 475 g/mol. The zero-order valence-corrected chi connectivity index (χ0v) is 19.6. The van der Waals surface area contributed by atoms with Crippen molar-refractivity contribution >= 4 is 34.3 Å². The van der Waals surface area contributed by atoms with Gasteiger partial charge in [-0.15, -0.1) is 0 Å². The Bertz CT molecular complexity index is 1320. The number of fused-ring (bicyclic) bond motifs is 1. The minimum Gasteiger partial charge on any atom is -0.398 e. The van der Waals surface area contributed by atoms with Gasteiger partial charge in [-0.3, -0.25) is 23.9 Å². The van der Waals surface area contributed by atoms with E-state index in [0.29, 0.717) is 25.6 Å². The zero-order valence-electron chi connectivity index (χ0n) is 19.6. The second-order valence-corrected chi connectivity index (χ2v) is 8.83. The maximum absolute atomic E-state index is 12.9. The molecule has 0 radical (unpaired) electrons. The average molecular weight is 502 g/mol. The van der Waals surface area contributed by atoms with Gasteiger partial charge in [-0.2, -0.15) is 13.2 Å². The van der Waals surface area contributed by atoms with Gasteiger partial charge in [0.2, 0.25) is 11.8 Å². The Labute approximate surface area is 205 Å².